The average Bonchev–Trinajstić information content (AvgIpc) is 2.55. The van der Waals surface area contributed by atoms with Crippen LogP contribution in [0.1, 0.15) is 52.0 Å². The molecule has 0 radical (unpaired) electrons. The SMILES string of the molecule is CC.CCCCc1ccc(OCC2=CCCC=C2)cc1. The zero-order chi connectivity index (χ0) is 14.6. The molecule has 0 heterocycles. The van der Waals surface area contributed by atoms with Crippen molar-refractivity contribution in [3.8, 4) is 5.75 Å². The summed E-state index contributed by atoms with van der Waals surface area (Å²) in [6.07, 6.45) is 12.6. The maximum Gasteiger partial charge on any atom is 0.119 e. The molecule has 0 unspecified atom stereocenters. The first-order chi connectivity index (χ1) is 9.88. The van der Waals surface area contributed by atoms with E-state index in [4.69, 9.17) is 4.74 Å². The van der Waals surface area contributed by atoms with Crippen LogP contribution in [0, 0.1) is 0 Å². The summed E-state index contributed by atoms with van der Waals surface area (Å²) in [5.74, 6) is 0.968. The largest absolute Gasteiger partial charge is 0.489 e. The van der Waals surface area contributed by atoms with E-state index >= 15 is 0 Å². The van der Waals surface area contributed by atoms with Crippen molar-refractivity contribution in [2.75, 3.05) is 6.61 Å². The van der Waals surface area contributed by atoms with Crippen LogP contribution in [0.15, 0.2) is 48.1 Å². The molecule has 0 atom stereocenters. The van der Waals surface area contributed by atoms with Gasteiger partial charge in [0, 0.05) is 0 Å². The Balaban J connectivity index is 0.000000956. The lowest BCUT2D eigenvalue weighted by Crippen LogP contribution is -2.01. The van der Waals surface area contributed by atoms with Gasteiger partial charge in [0.2, 0.25) is 0 Å². The highest BCUT2D eigenvalue weighted by Crippen LogP contribution is 2.16. The van der Waals surface area contributed by atoms with Crippen molar-refractivity contribution < 1.29 is 4.74 Å². The Hall–Kier alpha value is -1.50. The van der Waals surface area contributed by atoms with Gasteiger partial charge < -0.3 is 4.74 Å². The van der Waals surface area contributed by atoms with Gasteiger partial charge in [-0.2, -0.15) is 0 Å². The molecule has 1 aromatic rings. The van der Waals surface area contributed by atoms with E-state index in [1.165, 1.54) is 30.4 Å². The van der Waals surface area contributed by atoms with Crippen molar-refractivity contribution >= 4 is 0 Å². The van der Waals surface area contributed by atoms with Crippen LogP contribution in [-0.4, -0.2) is 6.61 Å². The van der Waals surface area contributed by atoms with E-state index in [1.807, 2.05) is 13.8 Å². The normalized spacial score (nSPS) is 13.2. The number of hydrogen-bond acceptors (Lipinski definition) is 1. The Morgan fingerprint density at radius 1 is 1.05 bits per heavy atom. The van der Waals surface area contributed by atoms with Crippen LogP contribution in [0.2, 0.25) is 0 Å². The van der Waals surface area contributed by atoms with E-state index in [1.54, 1.807) is 0 Å². The maximum atomic E-state index is 5.79. The molecule has 0 amide bonds. The molecule has 110 valence electrons. The molecule has 0 saturated carbocycles. The van der Waals surface area contributed by atoms with Crippen LogP contribution in [0.5, 0.6) is 5.75 Å². The minimum atomic E-state index is 0.685. The fourth-order valence-electron chi connectivity index (χ4n) is 2.07. The summed E-state index contributed by atoms with van der Waals surface area (Å²) in [5.41, 5.74) is 2.69. The number of hydrogen-bond donors (Lipinski definition) is 0. The molecule has 0 spiro atoms. The van der Waals surface area contributed by atoms with Gasteiger partial charge >= 0.3 is 0 Å². The minimum absolute atomic E-state index is 0.685. The monoisotopic (exact) mass is 272 g/mol. The fraction of sp³-hybridized carbons (Fsp3) is 0.474. The second-order valence-corrected chi connectivity index (χ2v) is 4.79. The predicted octanol–water partition coefficient (Wildman–Crippen LogP) is 5.71. The van der Waals surface area contributed by atoms with Gasteiger partial charge in [-0.05, 0) is 49.0 Å². The molecule has 0 bridgehead atoms. The predicted molar refractivity (Wildman–Crippen MR) is 88.4 cm³/mol. The van der Waals surface area contributed by atoms with E-state index in [9.17, 15) is 0 Å². The lowest BCUT2D eigenvalue weighted by Gasteiger charge is -2.10. The van der Waals surface area contributed by atoms with Crippen molar-refractivity contribution in [1.82, 2.24) is 0 Å². The Bertz CT molecular complexity index is 412. The third-order valence-corrected chi connectivity index (χ3v) is 3.22. The molecule has 0 saturated heterocycles. The van der Waals surface area contributed by atoms with Gasteiger partial charge in [-0.25, -0.2) is 0 Å². The highest BCUT2D eigenvalue weighted by Gasteiger charge is 1.99. The molecule has 2 rings (SSSR count). The summed E-state index contributed by atoms with van der Waals surface area (Å²) in [6.45, 7) is 6.91. The number of ether oxygens (including phenoxy) is 1. The number of unbranched alkanes of at least 4 members (excludes halogenated alkanes) is 1. The van der Waals surface area contributed by atoms with E-state index in [0.29, 0.717) is 6.61 Å². The molecule has 0 N–H and O–H groups in total. The second kappa shape index (κ2) is 10.3. The highest BCUT2D eigenvalue weighted by atomic mass is 16.5. The molecule has 0 fully saturated rings. The molecular weight excluding hydrogens is 244 g/mol. The van der Waals surface area contributed by atoms with E-state index < -0.39 is 0 Å². The van der Waals surface area contributed by atoms with E-state index in [-0.39, 0.29) is 0 Å². The Morgan fingerprint density at radius 3 is 2.40 bits per heavy atom. The first-order valence-electron chi connectivity index (χ1n) is 7.96. The summed E-state index contributed by atoms with van der Waals surface area (Å²) >= 11 is 0. The Morgan fingerprint density at radius 2 is 1.80 bits per heavy atom. The van der Waals surface area contributed by atoms with Crippen molar-refractivity contribution in [3.05, 3.63) is 53.6 Å². The van der Waals surface area contributed by atoms with Crippen molar-refractivity contribution in [2.45, 2.75) is 52.9 Å². The topological polar surface area (TPSA) is 9.23 Å². The quantitative estimate of drug-likeness (QED) is 0.644. The summed E-state index contributed by atoms with van der Waals surface area (Å²) in [5, 5.41) is 0. The Labute approximate surface area is 124 Å². The third kappa shape index (κ3) is 6.10. The summed E-state index contributed by atoms with van der Waals surface area (Å²) in [4.78, 5) is 0. The zero-order valence-electron chi connectivity index (χ0n) is 13.2. The van der Waals surface area contributed by atoms with Gasteiger partial charge in [-0.1, -0.05) is 57.6 Å². The first-order valence-corrected chi connectivity index (χ1v) is 7.96. The van der Waals surface area contributed by atoms with Gasteiger partial charge in [-0.15, -0.1) is 0 Å². The lowest BCUT2D eigenvalue weighted by molar-refractivity contribution is 0.354. The smallest absolute Gasteiger partial charge is 0.119 e. The van der Waals surface area contributed by atoms with Crippen molar-refractivity contribution in [1.29, 1.82) is 0 Å². The van der Waals surface area contributed by atoms with Crippen LogP contribution < -0.4 is 4.74 Å². The molecular formula is C19H28O. The van der Waals surface area contributed by atoms with E-state index in [0.717, 1.165) is 18.6 Å². The van der Waals surface area contributed by atoms with Crippen molar-refractivity contribution in [2.24, 2.45) is 0 Å². The first kappa shape index (κ1) is 16.6. The van der Waals surface area contributed by atoms with Crippen LogP contribution >= 0.6 is 0 Å². The Kier molecular flexibility index (Phi) is 8.53. The average molecular weight is 272 g/mol. The lowest BCUT2D eigenvalue weighted by atomic mass is 10.1. The minimum Gasteiger partial charge on any atom is -0.489 e. The number of allylic oxidation sites excluding steroid dienone is 2. The third-order valence-electron chi connectivity index (χ3n) is 3.22. The van der Waals surface area contributed by atoms with Gasteiger partial charge in [0.1, 0.15) is 12.4 Å². The highest BCUT2D eigenvalue weighted by molar-refractivity contribution is 5.29. The van der Waals surface area contributed by atoms with Crippen molar-refractivity contribution in [3.63, 3.8) is 0 Å². The summed E-state index contributed by atoms with van der Waals surface area (Å²) in [7, 11) is 0. The van der Waals surface area contributed by atoms with E-state index in [2.05, 4.69) is 49.4 Å². The number of aryl methyl sites for hydroxylation is 1. The summed E-state index contributed by atoms with van der Waals surface area (Å²) < 4.78 is 5.79. The number of rotatable bonds is 6. The van der Waals surface area contributed by atoms with Crippen LogP contribution in [0.25, 0.3) is 0 Å². The van der Waals surface area contributed by atoms with Gasteiger partial charge in [0.25, 0.3) is 0 Å². The van der Waals surface area contributed by atoms with Crippen LogP contribution in [0.3, 0.4) is 0 Å². The zero-order valence-corrected chi connectivity index (χ0v) is 13.2. The molecule has 0 aliphatic heterocycles. The van der Waals surface area contributed by atoms with Crippen LogP contribution in [0.4, 0.5) is 0 Å². The standard InChI is InChI=1S/C17H22O.C2H6/c1-2-3-7-15-10-12-17(13-11-15)18-14-16-8-5-4-6-9-16;1-2/h5,8-13H,2-4,6-7,14H2,1H3;1-2H3. The maximum absolute atomic E-state index is 5.79. The van der Waals surface area contributed by atoms with Gasteiger partial charge in [0.05, 0.1) is 0 Å². The number of benzene rings is 1. The fourth-order valence-corrected chi connectivity index (χ4v) is 2.07. The molecule has 1 aliphatic carbocycles. The molecule has 0 aromatic heterocycles. The van der Waals surface area contributed by atoms with Gasteiger partial charge in [-0.3, -0.25) is 0 Å². The van der Waals surface area contributed by atoms with Crippen LogP contribution in [-0.2, 0) is 6.42 Å². The molecule has 20 heavy (non-hydrogen) atoms. The molecule has 1 heteroatoms. The summed E-state index contributed by atoms with van der Waals surface area (Å²) in [6, 6.07) is 8.52. The molecule has 1 nitrogen and oxygen atoms in total. The van der Waals surface area contributed by atoms with Gasteiger partial charge in [0.15, 0.2) is 0 Å². The molecule has 1 aromatic carbocycles. The molecule has 1 aliphatic rings. The second-order valence-electron chi connectivity index (χ2n) is 4.79.